The molecule has 0 spiro atoms. The molecule has 0 fully saturated rings. The minimum absolute atomic E-state index is 0.0267. The minimum Gasteiger partial charge on any atom is -0.391 e. The van der Waals surface area contributed by atoms with Crippen LogP contribution in [-0.2, 0) is 4.79 Å². The van der Waals surface area contributed by atoms with Gasteiger partial charge in [0.15, 0.2) is 0 Å². The fourth-order valence-electron chi connectivity index (χ4n) is 1.32. The van der Waals surface area contributed by atoms with Crippen LogP contribution in [0.4, 0.5) is 5.69 Å². The predicted molar refractivity (Wildman–Crippen MR) is 77.7 cm³/mol. The van der Waals surface area contributed by atoms with Crippen LogP contribution in [0.5, 0.6) is 0 Å². The number of non-ortho nitro benzene ring substituents is 1. The fourth-order valence-corrected chi connectivity index (χ4v) is 2.05. The van der Waals surface area contributed by atoms with E-state index in [1.54, 1.807) is 12.1 Å². The van der Waals surface area contributed by atoms with Gasteiger partial charge in [-0.05, 0) is 18.1 Å². The Balaban J connectivity index is 2.35. The molecule has 0 aliphatic carbocycles. The largest absolute Gasteiger partial charge is 0.391 e. The van der Waals surface area contributed by atoms with Crippen molar-refractivity contribution in [2.45, 2.75) is 24.8 Å². The Morgan fingerprint density at radius 3 is 2.50 bits per heavy atom. The van der Waals surface area contributed by atoms with E-state index in [0.717, 1.165) is 4.90 Å². The molecule has 0 aliphatic rings. The van der Waals surface area contributed by atoms with E-state index in [1.807, 2.05) is 13.8 Å². The van der Waals surface area contributed by atoms with Crippen molar-refractivity contribution in [3.8, 4) is 0 Å². The summed E-state index contributed by atoms with van der Waals surface area (Å²) in [5.41, 5.74) is 0.0267. The Hall–Kier alpha value is -1.60. The van der Waals surface area contributed by atoms with Gasteiger partial charge in [-0.25, -0.2) is 0 Å². The number of carbonyl (C=O) groups is 1. The third kappa shape index (κ3) is 5.58. The number of thioether (sulfide) groups is 1. The number of hydrogen-bond acceptors (Lipinski definition) is 5. The molecule has 0 aromatic heterocycles. The zero-order chi connectivity index (χ0) is 15.1. The molecule has 0 saturated carbocycles. The summed E-state index contributed by atoms with van der Waals surface area (Å²) in [5, 5.41) is 22.7. The Kier molecular flexibility index (Phi) is 6.47. The Labute approximate surface area is 121 Å². The van der Waals surface area contributed by atoms with E-state index < -0.39 is 11.0 Å². The number of hydrogen-bond donors (Lipinski definition) is 2. The number of rotatable bonds is 7. The normalized spacial score (nSPS) is 12.2. The van der Waals surface area contributed by atoms with Gasteiger partial charge in [0.1, 0.15) is 0 Å². The summed E-state index contributed by atoms with van der Waals surface area (Å²) < 4.78 is 0. The molecular formula is C13H18N2O4S. The topological polar surface area (TPSA) is 92.5 Å². The van der Waals surface area contributed by atoms with Crippen LogP contribution in [0.25, 0.3) is 0 Å². The van der Waals surface area contributed by atoms with E-state index in [1.165, 1.54) is 23.9 Å². The number of nitro benzene ring substituents is 1. The van der Waals surface area contributed by atoms with Gasteiger partial charge in [-0.2, -0.15) is 0 Å². The highest BCUT2D eigenvalue weighted by Gasteiger charge is 2.11. The highest BCUT2D eigenvalue weighted by molar-refractivity contribution is 8.00. The van der Waals surface area contributed by atoms with E-state index in [4.69, 9.17) is 0 Å². The van der Waals surface area contributed by atoms with Crippen molar-refractivity contribution in [3.63, 3.8) is 0 Å². The summed E-state index contributed by atoms with van der Waals surface area (Å²) >= 11 is 1.29. The van der Waals surface area contributed by atoms with Crippen LogP contribution in [0, 0.1) is 16.0 Å². The molecule has 1 aromatic rings. The molecule has 6 nitrogen and oxygen atoms in total. The molecule has 1 unspecified atom stereocenters. The van der Waals surface area contributed by atoms with Gasteiger partial charge in [0.05, 0.1) is 16.8 Å². The van der Waals surface area contributed by atoms with Crippen molar-refractivity contribution in [1.82, 2.24) is 5.32 Å². The van der Waals surface area contributed by atoms with Crippen LogP contribution in [0.2, 0.25) is 0 Å². The highest BCUT2D eigenvalue weighted by Crippen LogP contribution is 2.20. The zero-order valence-corrected chi connectivity index (χ0v) is 12.2. The molecule has 1 amide bonds. The van der Waals surface area contributed by atoms with Crippen molar-refractivity contribution in [3.05, 3.63) is 34.4 Å². The molecule has 0 bridgehead atoms. The smallest absolute Gasteiger partial charge is 0.269 e. The van der Waals surface area contributed by atoms with Gasteiger partial charge >= 0.3 is 0 Å². The first-order valence-electron chi connectivity index (χ1n) is 6.22. The molecule has 7 heteroatoms. The van der Waals surface area contributed by atoms with E-state index in [2.05, 4.69) is 5.32 Å². The lowest BCUT2D eigenvalue weighted by atomic mass is 10.1. The van der Waals surface area contributed by atoms with Crippen molar-refractivity contribution in [2.24, 2.45) is 5.92 Å². The molecule has 1 rings (SSSR count). The second-order valence-corrected chi connectivity index (χ2v) is 5.70. The third-order valence-electron chi connectivity index (χ3n) is 2.70. The van der Waals surface area contributed by atoms with Crippen LogP contribution in [0.15, 0.2) is 29.2 Å². The number of nitrogens with zero attached hydrogens (tertiary/aromatic N) is 1. The summed E-state index contributed by atoms with van der Waals surface area (Å²) in [6, 6.07) is 6.03. The molecule has 0 aliphatic heterocycles. The number of benzene rings is 1. The first kappa shape index (κ1) is 16.5. The fraction of sp³-hybridized carbons (Fsp3) is 0.462. The van der Waals surface area contributed by atoms with Crippen LogP contribution in [-0.4, -0.2) is 34.3 Å². The summed E-state index contributed by atoms with van der Waals surface area (Å²) in [5.74, 6) is 0.133. The van der Waals surface area contributed by atoms with E-state index in [0.29, 0.717) is 0 Å². The van der Waals surface area contributed by atoms with Gasteiger partial charge in [0.25, 0.3) is 5.69 Å². The van der Waals surface area contributed by atoms with Crippen LogP contribution < -0.4 is 5.32 Å². The van der Waals surface area contributed by atoms with Gasteiger partial charge in [0.2, 0.25) is 5.91 Å². The van der Waals surface area contributed by atoms with Crippen molar-refractivity contribution in [1.29, 1.82) is 0 Å². The van der Waals surface area contributed by atoms with Crippen LogP contribution in [0.3, 0.4) is 0 Å². The number of aliphatic hydroxyl groups is 1. The lowest BCUT2D eigenvalue weighted by Crippen LogP contribution is -2.35. The molecule has 110 valence electrons. The number of amides is 1. The maximum atomic E-state index is 11.6. The van der Waals surface area contributed by atoms with Gasteiger partial charge in [-0.3, -0.25) is 14.9 Å². The monoisotopic (exact) mass is 298 g/mol. The molecular weight excluding hydrogens is 280 g/mol. The standard InChI is InChI=1S/C13H18N2O4S/c1-9(2)12(16)7-14-13(17)8-20-11-5-3-10(4-6-11)15(18)19/h3-6,9,12,16H,7-8H2,1-2H3,(H,14,17). The lowest BCUT2D eigenvalue weighted by Gasteiger charge is -2.14. The summed E-state index contributed by atoms with van der Waals surface area (Å²) in [6.45, 7) is 3.99. The average molecular weight is 298 g/mol. The number of aliphatic hydroxyl groups excluding tert-OH is 1. The summed E-state index contributed by atoms with van der Waals surface area (Å²) in [4.78, 5) is 22.4. The van der Waals surface area contributed by atoms with E-state index >= 15 is 0 Å². The zero-order valence-electron chi connectivity index (χ0n) is 11.4. The second kappa shape index (κ2) is 7.86. The molecule has 2 N–H and O–H groups in total. The molecule has 0 radical (unpaired) electrons. The first-order chi connectivity index (χ1) is 9.40. The lowest BCUT2D eigenvalue weighted by molar-refractivity contribution is -0.384. The SMILES string of the molecule is CC(C)C(O)CNC(=O)CSc1ccc([N+](=O)[O-])cc1. The summed E-state index contributed by atoms with van der Waals surface area (Å²) in [7, 11) is 0. The molecule has 0 saturated heterocycles. The molecule has 1 atom stereocenters. The van der Waals surface area contributed by atoms with Crippen molar-refractivity contribution in [2.75, 3.05) is 12.3 Å². The maximum absolute atomic E-state index is 11.6. The Morgan fingerprint density at radius 2 is 2.00 bits per heavy atom. The van der Waals surface area contributed by atoms with E-state index in [-0.39, 0.29) is 29.8 Å². The maximum Gasteiger partial charge on any atom is 0.269 e. The Morgan fingerprint density at radius 1 is 1.40 bits per heavy atom. The number of carbonyl (C=O) groups excluding carboxylic acids is 1. The van der Waals surface area contributed by atoms with Gasteiger partial charge < -0.3 is 10.4 Å². The van der Waals surface area contributed by atoms with Crippen LogP contribution >= 0.6 is 11.8 Å². The number of nitro groups is 1. The predicted octanol–water partition coefficient (Wildman–Crippen LogP) is 1.82. The Bertz CT molecular complexity index is 462. The molecule has 20 heavy (non-hydrogen) atoms. The van der Waals surface area contributed by atoms with Gasteiger partial charge in [-0.1, -0.05) is 13.8 Å². The van der Waals surface area contributed by atoms with Gasteiger partial charge in [0, 0.05) is 23.6 Å². The van der Waals surface area contributed by atoms with Crippen molar-refractivity contribution >= 4 is 23.4 Å². The third-order valence-corrected chi connectivity index (χ3v) is 3.71. The summed E-state index contributed by atoms with van der Waals surface area (Å²) in [6.07, 6.45) is -0.552. The number of nitrogens with one attached hydrogen (secondary N) is 1. The van der Waals surface area contributed by atoms with Crippen LogP contribution in [0.1, 0.15) is 13.8 Å². The first-order valence-corrected chi connectivity index (χ1v) is 7.20. The van der Waals surface area contributed by atoms with E-state index in [9.17, 15) is 20.0 Å². The second-order valence-electron chi connectivity index (χ2n) is 4.66. The van der Waals surface area contributed by atoms with Gasteiger partial charge in [-0.15, -0.1) is 11.8 Å². The quantitative estimate of drug-likeness (QED) is 0.455. The molecule has 0 heterocycles. The molecule has 1 aromatic carbocycles. The minimum atomic E-state index is -0.552. The highest BCUT2D eigenvalue weighted by atomic mass is 32.2. The average Bonchev–Trinajstić information content (AvgIpc) is 2.42. The van der Waals surface area contributed by atoms with Crippen molar-refractivity contribution < 1.29 is 14.8 Å².